The van der Waals surface area contributed by atoms with Crippen LogP contribution in [-0.2, 0) is 5.60 Å². The summed E-state index contributed by atoms with van der Waals surface area (Å²) in [5.41, 5.74) is 0.799. The van der Waals surface area contributed by atoms with Crippen molar-refractivity contribution >= 4 is 0 Å². The highest BCUT2D eigenvalue weighted by Gasteiger charge is 2.36. The number of hydrogen-bond donors (Lipinski definition) is 2. The van der Waals surface area contributed by atoms with E-state index in [-0.39, 0.29) is 0 Å². The van der Waals surface area contributed by atoms with Gasteiger partial charge < -0.3 is 10.4 Å². The van der Waals surface area contributed by atoms with Crippen molar-refractivity contribution in [3.63, 3.8) is 0 Å². The summed E-state index contributed by atoms with van der Waals surface area (Å²) < 4.78 is 1.70. The van der Waals surface area contributed by atoms with Crippen molar-refractivity contribution in [2.24, 2.45) is 0 Å². The smallest absolute Gasteiger partial charge is 0.122 e. The molecule has 0 radical (unpaired) electrons. The maximum atomic E-state index is 10.5. The van der Waals surface area contributed by atoms with Gasteiger partial charge in [-0.25, -0.2) is 4.68 Å². The third-order valence-corrected chi connectivity index (χ3v) is 3.16. The molecule has 2 heterocycles. The topological polar surface area (TPSA) is 63.0 Å². The Balaban J connectivity index is 2.05. The maximum Gasteiger partial charge on any atom is 0.122 e. The van der Waals surface area contributed by atoms with Crippen LogP contribution in [0.5, 0.6) is 0 Å². The molecule has 2 aromatic rings. The molecule has 0 aliphatic carbocycles. The molecule has 88 valence electrons. The molecule has 1 atom stereocenters. The van der Waals surface area contributed by atoms with Crippen molar-refractivity contribution in [2.45, 2.75) is 12.0 Å². The van der Waals surface area contributed by atoms with E-state index in [1.54, 1.807) is 10.9 Å². The van der Waals surface area contributed by atoms with Crippen molar-refractivity contribution in [1.82, 2.24) is 20.3 Å². The SMILES string of the molecule is OC1(c2cnnn2-c2ccccc2)CCNC1. The number of β-amino-alcohol motifs (C(OH)–C–C–N with tert-alkyl or cyclic N) is 1. The monoisotopic (exact) mass is 230 g/mol. The Morgan fingerprint density at radius 3 is 2.82 bits per heavy atom. The number of aliphatic hydroxyl groups is 1. The van der Waals surface area contributed by atoms with Gasteiger partial charge in [-0.05, 0) is 25.1 Å². The van der Waals surface area contributed by atoms with E-state index in [1.165, 1.54) is 0 Å². The molecule has 17 heavy (non-hydrogen) atoms. The van der Waals surface area contributed by atoms with Gasteiger partial charge in [0.25, 0.3) is 0 Å². The molecule has 0 spiro atoms. The molecule has 0 amide bonds. The number of aromatic nitrogens is 3. The summed E-state index contributed by atoms with van der Waals surface area (Å²) >= 11 is 0. The molecule has 1 fully saturated rings. The van der Waals surface area contributed by atoms with Crippen LogP contribution in [0, 0.1) is 0 Å². The zero-order chi connectivity index (χ0) is 11.7. The number of rotatable bonds is 2. The van der Waals surface area contributed by atoms with Crippen molar-refractivity contribution in [3.05, 3.63) is 42.2 Å². The van der Waals surface area contributed by atoms with Gasteiger partial charge in [-0.3, -0.25) is 0 Å². The number of nitrogens with zero attached hydrogens (tertiary/aromatic N) is 3. The second-order valence-corrected chi connectivity index (χ2v) is 4.32. The lowest BCUT2D eigenvalue weighted by atomic mass is 9.99. The van der Waals surface area contributed by atoms with Gasteiger partial charge in [-0.15, -0.1) is 5.10 Å². The van der Waals surface area contributed by atoms with Crippen molar-refractivity contribution in [1.29, 1.82) is 0 Å². The fourth-order valence-electron chi connectivity index (χ4n) is 2.21. The van der Waals surface area contributed by atoms with Crippen LogP contribution in [0.4, 0.5) is 0 Å². The van der Waals surface area contributed by atoms with Crippen LogP contribution in [-0.4, -0.2) is 33.2 Å². The van der Waals surface area contributed by atoms with E-state index in [4.69, 9.17) is 0 Å². The summed E-state index contributed by atoms with van der Waals surface area (Å²) in [5.74, 6) is 0. The first-order chi connectivity index (χ1) is 8.30. The van der Waals surface area contributed by atoms with Crippen molar-refractivity contribution in [2.75, 3.05) is 13.1 Å². The number of hydrogen-bond acceptors (Lipinski definition) is 4. The Labute approximate surface area is 99.1 Å². The first kappa shape index (κ1) is 10.4. The van der Waals surface area contributed by atoms with Gasteiger partial charge in [0.15, 0.2) is 0 Å². The van der Waals surface area contributed by atoms with E-state index in [0.29, 0.717) is 13.0 Å². The summed E-state index contributed by atoms with van der Waals surface area (Å²) in [7, 11) is 0. The number of para-hydroxylation sites is 1. The predicted molar refractivity (Wildman–Crippen MR) is 62.7 cm³/mol. The van der Waals surface area contributed by atoms with Gasteiger partial charge in [0.1, 0.15) is 5.60 Å². The van der Waals surface area contributed by atoms with Crippen molar-refractivity contribution in [3.8, 4) is 5.69 Å². The molecule has 0 bridgehead atoms. The normalized spacial score (nSPS) is 24.1. The van der Waals surface area contributed by atoms with Crippen LogP contribution in [0.3, 0.4) is 0 Å². The Kier molecular flexibility index (Phi) is 2.42. The van der Waals surface area contributed by atoms with Gasteiger partial charge in [-0.2, -0.15) is 0 Å². The Bertz CT molecular complexity index is 502. The molecule has 1 aromatic heterocycles. The standard InChI is InChI=1S/C12H14N4O/c17-12(6-7-13-9-12)11-8-14-15-16(11)10-4-2-1-3-5-10/h1-5,8,13,17H,6-7,9H2. The largest absolute Gasteiger partial charge is 0.382 e. The van der Waals surface area contributed by atoms with E-state index in [9.17, 15) is 5.11 Å². The van der Waals surface area contributed by atoms with E-state index < -0.39 is 5.60 Å². The molecule has 3 rings (SSSR count). The average molecular weight is 230 g/mol. The molecular weight excluding hydrogens is 216 g/mol. The van der Waals surface area contributed by atoms with Gasteiger partial charge in [0, 0.05) is 6.54 Å². The lowest BCUT2D eigenvalue weighted by Crippen LogP contribution is -2.31. The highest BCUT2D eigenvalue weighted by atomic mass is 16.3. The molecule has 1 saturated heterocycles. The molecule has 5 heteroatoms. The number of nitrogens with one attached hydrogen (secondary N) is 1. The summed E-state index contributed by atoms with van der Waals surface area (Å²) in [5, 5.41) is 21.7. The highest BCUT2D eigenvalue weighted by molar-refractivity contribution is 5.33. The third kappa shape index (κ3) is 1.73. The quantitative estimate of drug-likeness (QED) is 0.786. The first-order valence-electron chi connectivity index (χ1n) is 5.69. The van der Waals surface area contributed by atoms with Crippen LogP contribution in [0.1, 0.15) is 12.1 Å². The summed E-state index contributed by atoms with van der Waals surface area (Å²) in [6.07, 6.45) is 2.33. The first-order valence-corrected chi connectivity index (χ1v) is 5.69. The van der Waals surface area contributed by atoms with E-state index in [1.807, 2.05) is 30.3 Å². The second-order valence-electron chi connectivity index (χ2n) is 4.32. The molecule has 1 aliphatic rings. The van der Waals surface area contributed by atoms with E-state index in [2.05, 4.69) is 15.6 Å². The minimum absolute atomic E-state index is 0.549. The predicted octanol–water partition coefficient (Wildman–Crippen LogP) is 0.448. The fraction of sp³-hybridized carbons (Fsp3) is 0.333. The van der Waals surface area contributed by atoms with E-state index >= 15 is 0 Å². The van der Waals surface area contributed by atoms with Crippen LogP contribution in [0.2, 0.25) is 0 Å². The molecule has 1 unspecified atom stereocenters. The molecular formula is C12H14N4O. The number of benzene rings is 1. The lowest BCUT2D eigenvalue weighted by molar-refractivity contribution is 0.0516. The summed E-state index contributed by atoms with van der Waals surface area (Å²) in [6.45, 7) is 1.36. The zero-order valence-corrected chi connectivity index (χ0v) is 9.37. The Hall–Kier alpha value is -1.72. The Morgan fingerprint density at radius 1 is 1.29 bits per heavy atom. The van der Waals surface area contributed by atoms with Gasteiger partial charge in [0.05, 0.1) is 17.6 Å². The van der Waals surface area contributed by atoms with Gasteiger partial charge in [0.2, 0.25) is 0 Å². The van der Waals surface area contributed by atoms with Crippen molar-refractivity contribution < 1.29 is 5.11 Å². The Morgan fingerprint density at radius 2 is 2.12 bits per heavy atom. The average Bonchev–Trinajstić information content (AvgIpc) is 2.99. The van der Waals surface area contributed by atoms with Crippen LogP contribution >= 0.6 is 0 Å². The van der Waals surface area contributed by atoms with Gasteiger partial charge in [-0.1, -0.05) is 23.4 Å². The third-order valence-electron chi connectivity index (χ3n) is 3.16. The molecule has 2 N–H and O–H groups in total. The lowest BCUT2D eigenvalue weighted by Gasteiger charge is -2.21. The summed E-state index contributed by atoms with van der Waals surface area (Å²) in [6, 6.07) is 9.73. The van der Waals surface area contributed by atoms with Crippen LogP contribution in [0.25, 0.3) is 5.69 Å². The molecule has 1 aliphatic heterocycles. The maximum absolute atomic E-state index is 10.5. The minimum Gasteiger partial charge on any atom is -0.382 e. The molecule has 1 aromatic carbocycles. The minimum atomic E-state index is -0.862. The molecule has 5 nitrogen and oxygen atoms in total. The zero-order valence-electron chi connectivity index (χ0n) is 9.37. The molecule has 0 saturated carbocycles. The van der Waals surface area contributed by atoms with Crippen LogP contribution < -0.4 is 5.32 Å². The van der Waals surface area contributed by atoms with Crippen LogP contribution in [0.15, 0.2) is 36.5 Å². The second kappa shape index (κ2) is 3.94. The fourth-order valence-corrected chi connectivity index (χ4v) is 2.21. The summed E-state index contributed by atoms with van der Waals surface area (Å²) in [4.78, 5) is 0. The van der Waals surface area contributed by atoms with E-state index in [0.717, 1.165) is 17.9 Å². The highest BCUT2D eigenvalue weighted by Crippen LogP contribution is 2.28. The van der Waals surface area contributed by atoms with Gasteiger partial charge >= 0.3 is 0 Å².